The van der Waals surface area contributed by atoms with E-state index in [0.717, 1.165) is 34.4 Å². The van der Waals surface area contributed by atoms with Crippen LogP contribution < -0.4 is 10.9 Å². The molecule has 0 spiro atoms. The number of aryl methyl sites for hydroxylation is 1. The van der Waals surface area contributed by atoms with Crippen molar-refractivity contribution >= 4 is 50.7 Å². The molecule has 1 atom stereocenters. The van der Waals surface area contributed by atoms with Gasteiger partial charge in [-0.3, -0.25) is 14.2 Å². The number of hydrogen-bond acceptors (Lipinski definition) is 6. The molecule has 1 N–H and O–H groups in total. The van der Waals surface area contributed by atoms with Crippen LogP contribution in [0.3, 0.4) is 0 Å². The van der Waals surface area contributed by atoms with Crippen molar-refractivity contribution in [1.82, 2.24) is 9.55 Å². The summed E-state index contributed by atoms with van der Waals surface area (Å²) < 4.78 is 44.5. The SMILES string of the molecule is COC(=O)c1sc2ncn(C(C)C(=O)Nc3cc(C(F)(F)F)ccc3Cl)c(=O)c2c1C. The monoisotopic (exact) mass is 473 g/mol. The fourth-order valence-electron chi connectivity index (χ4n) is 2.86. The second kappa shape index (κ2) is 8.31. The van der Waals surface area contributed by atoms with E-state index in [1.807, 2.05) is 0 Å². The van der Waals surface area contributed by atoms with Crippen molar-refractivity contribution in [3.05, 3.63) is 55.9 Å². The Hall–Kier alpha value is -2.92. The first-order valence-corrected chi connectivity index (χ1v) is 9.91. The number of carbonyl (C=O) groups is 2. The average molecular weight is 474 g/mol. The first kappa shape index (κ1) is 22.8. The van der Waals surface area contributed by atoms with Gasteiger partial charge in [-0.05, 0) is 37.6 Å². The number of benzene rings is 1. The molecule has 0 fully saturated rings. The van der Waals surface area contributed by atoms with E-state index in [4.69, 9.17) is 16.3 Å². The van der Waals surface area contributed by atoms with Crippen LogP contribution in [-0.2, 0) is 15.7 Å². The lowest BCUT2D eigenvalue weighted by atomic mass is 10.2. The van der Waals surface area contributed by atoms with E-state index in [2.05, 4.69) is 10.3 Å². The van der Waals surface area contributed by atoms with Gasteiger partial charge in [-0.15, -0.1) is 11.3 Å². The Morgan fingerprint density at radius 1 is 1.32 bits per heavy atom. The Labute approximate surface area is 182 Å². The summed E-state index contributed by atoms with van der Waals surface area (Å²) in [7, 11) is 1.21. The zero-order valence-electron chi connectivity index (χ0n) is 16.3. The van der Waals surface area contributed by atoms with E-state index in [9.17, 15) is 27.6 Å². The summed E-state index contributed by atoms with van der Waals surface area (Å²) in [5, 5.41) is 2.38. The standard InChI is InChI=1S/C19H15ClF3N3O4S/c1-8-13-16(31-14(8)18(29)30-3)24-7-26(17(13)28)9(2)15(27)25-12-6-10(19(21,22)23)4-5-11(12)20/h4-7,9H,1-3H3,(H,25,27). The number of thiophene rings is 1. The number of anilines is 1. The van der Waals surface area contributed by atoms with Crippen LogP contribution in [0, 0.1) is 6.92 Å². The lowest BCUT2D eigenvalue weighted by Gasteiger charge is -2.16. The Balaban J connectivity index is 1.96. The second-order valence-electron chi connectivity index (χ2n) is 6.54. The number of halogens is 4. The third-order valence-electron chi connectivity index (χ3n) is 4.60. The van der Waals surface area contributed by atoms with Gasteiger partial charge in [0, 0.05) is 0 Å². The number of aromatic nitrogens is 2. The van der Waals surface area contributed by atoms with Crippen molar-refractivity contribution < 1.29 is 27.5 Å². The van der Waals surface area contributed by atoms with Crippen molar-refractivity contribution in [3.8, 4) is 0 Å². The fraction of sp³-hybridized carbons (Fsp3) is 0.263. The van der Waals surface area contributed by atoms with Crippen LogP contribution in [0.4, 0.5) is 18.9 Å². The summed E-state index contributed by atoms with van der Waals surface area (Å²) in [6.07, 6.45) is -3.48. The molecule has 12 heteroatoms. The number of nitrogens with zero attached hydrogens (tertiary/aromatic N) is 2. The number of carbonyl (C=O) groups excluding carboxylic acids is 2. The minimum Gasteiger partial charge on any atom is -0.465 e. The Morgan fingerprint density at radius 3 is 2.61 bits per heavy atom. The van der Waals surface area contributed by atoms with Gasteiger partial charge < -0.3 is 10.1 Å². The third-order valence-corrected chi connectivity index (χ3v) is 6.10. The number of esters is 1. The van der Waals surface area contributed by atoms with Crippen LogP contribution in [0.5, 0.6) is 0 Å². The minimum atomic E-state index is -4.62. The molecule has 2 aromatic heterocycles. The first-order valence-electron chi connectivity index (χ1n) is 8.71. The lowest BCUT2D eigenvalue weighted by molar-refractivity contribution is -0.137. The summed E-state index contributed by atoms with van der Waals surface area (Å²) in [4.78, 5) is 42.1. The highest BCUT2D eigenvalue weighted by Crippen LogP contribution is 2.34. The summed E-state index contributed by atoms with van der Waals surface area (Å²) in [6.45, 7) is 2.94. The van der Waals surface area contributed by atoms with Crippen LogP contribution in [0.15, 0.2) is 29.3 Å². The maximum absolute atomic E-state index is 12.9. The lowest BCUT2D eigenvalue weighted by Crippen LogP contribution is -2.32. The summed E-state index contributed by atoms with van der Waals surface area (Å²) in [5.41, 5.74) is -1.43. The molecule has 164 valence electrons. The molecule has 3 aromatic rings. The number of hydrogen-bond donors (Lipinski definition) is 1. The minimum absolute atomic E-state index is 0.0918. The zero-order valence-corrected chi connectivity index (χ0v) is 17.9. The predicted octanol–water partition coefficient (Wildman–Crippen LogP) is 4.42. The van der Waals surface area contributed by atoms with Crippen LogP contribution in [0.1, 0.15) is 33.8 Å². The van der Waals surface area contributed by atoms with Crippen LogP contribution in [0.25, 0.3) is 10.2 Å². The van der Waals surface area contributed by atoms with Gasteiger partial charge in [-0.1, -0.05) is 11.6 Å². The molecule has 0 aliphatic rings. The number of ether oxygens (including phenoxy) is 1. The molecule has 3 rings (SSSR count). The Kier molecular flexibility index (Phi) is 6.10. The normalized spacial score (nSPS) is 12.6. The van der Waals surface area contributed by atoms with Crippen molar-refractivity contribution in [2.75, 3.05) is 12.4 Å². The highest BCUT2D eigenvalue weighted by molar-refractivity contribution is 7.20. The van der Waals surface area contributed by atoms with Gasteiger partial charge in [0.25, 0.3) is 5.56 Å². The van der Waals surface area contributed by atoms with E-state index in [1.54, 1.807) is 6.92 Å². The molecule has 1 amide bonds. The van der Waals surface area contributed by atoms with Crippen molar-refractivity contribution in [2.45, 2.75) is 26.1 Å². The molecular formula is C19H15ClF3N3O4S. The van der Waals surface area contributed by atoms with E-state index in [1.165, 1.54) is 14.0 Å². The van der Waals surface area contributed by atoms with Crippen molar-refractivity contribution in [3.63, 3.8) is 0 Å². The molecule has 0 saturated heterocycles. The molecule has 7 nitrogen and oxygen atoms in total. The number of rotatable bonds is 4. The molecule has 1 unspecified atom stereocenters. The van der Waals surface area contributed by atoms with Gasteiger partial charge in [0.1, 0.15) is 15.7 Å². The maximum atomic E-state index is 12.9. The smallest absolute Gasteiger partial charge is 0.416 e. The Bertz CT molecular complexity index is 1250. The van der Waals surface area contributed by atoms with E-state index >= 15 is 0 Å². The fourth-order valence-corrected chi connectivity index (χ4v) is 4.08. The molecule has 2 heterocycles. The predicted molar refractivity (Wildman–Crippen MR) is 110 cm³/mol. The van der Waals surface area contributed by atoms with Crippen molar-refractivity contribution in [1.29, 1.82) is 0 Å². The number of nitrogens with one attached hydrogen (secondary N) is 1. The zero-order chi connectivity index (χ0) is 23.1. The molecule has 0 radical (unpaired) electrons. The average Bonchev–Trinajstić information content (AvgIpc) is 3.05. The largest absolute Gasteiger partial charge is 0.465 e. The maximum Gasteiger partial charge on any atom is 0.416 e. The number of amides is 1. The topological polar surface area (TPSA) is 90.3 Å². The van der Waals surface area contributed by atoms with Gasteiger partial charge in [0.2, 0.25) is 5.91 Å². The molecule has 1 aromatic carbocycles. The number of fused-ring (bicyclic) bond motifs is 1. The number of alkyl halides is 3. The molecule has 31 heavy (non-hydrogen) atoms. The third kappa shape index (κ3) is 4.28. The van der Waals surface area contributed by atoms with Gasteiger partial charge in [0.05, 0.1) is 35.1 Å². The summed E-state index contributed by atoms with van der Waals surface area (Å²) in [5.74, 6) is -1.39. The number of methoxy groups -OCH3 is 1. The molecule has 0 bridgehead atoms. The summed E-state index contributed by atoms with van der Waals surface area (Å²) in [6, 6.07) is 1.40. The first-order chi connectivity index (χ1) is 14.5. The molecule has 0 aliphatic carbocycles. The van der Waals surface area contributed by atoms with Gasteiger partial charge in [-0.2, -0.15) is 13.2 Å². The van der Waals surface area contributed by atoms with Gasteiger partial charge >= 0.3 is 12.1 Å². The highest BCUT2D eigenvalue weighted by Gasteiger charge is 2.31. The quantitative estimate of drug-likeness (QED) is 0.566. The van der Waals surface area contributed by atoms with Gasteiger partial charge in [-0.25, -0.2) is 9.78 Å². The Morgan fingerprint density at radius 2 is 2.00 bits per heavy atom. The van der Waals surface area contributed by atoms with Crippen molar-refractivity contribution in [2.24, 2.45) is 0 Å². The second-order valence-corrected chi connectivity index (χ2v) is 7.95. The van der Waals surface area contributed by atoms with Crippen LogP contribution in [-0.4, -0.2) is 28.5 Å². The summed E-state index contributed by atoms with van der Waals surface area (Å²) >= 11 is 6.90. The molecular weight excluding hydrogens is 459 g/mol. The van der Waals surface area contributed by atoms with Gasteiger partial charge in [0.15, 0.2) is 0 Å². The van der Waals surface area contributed by atoms with E-state index in [0.29, 0.717) is 16.5 Å². The van der Waals surface area contributed by atoms with Crippen LogP contribution >= 0.6 is 22.9 Å². The van der Waals surface area contributed by atoms with Crippen LogP contribution in [0.2, 0.25) is 5.02 Å². The molecule has 0 saturated carbocycles. The highest BCUT2D eigenvalue weighted by atomic mass is 35.5. The molecule has 0 aliphatic heterocycles. The van der Waals surface area contributed by atoms with E-state index in [-0.39, 0.29) is 21.0 Å². The van der Waals surface area contributed by atoms with E-state index < -0.39 is 35.2 Å².